The minimum absolute atomic E-state index is 0.0772. The average molecular weight is 218 g/mol. The van der Waals surface area contributed by atoms with E-state index in [0.717, 1.165) is 0 Å². The van der Waals surface area contributed by atoms with Crippen molar-refractivity contribution in [1.29, 1.82) is 0 Å². The number of carbonyl (C=O) groups is 1. The highest BCUT2D eigenvalue weighted by molar-refractivity contribution is 7.62. The molecular weight excluding hydrogens is 214 g/mol. The zero-order valence-electron chi connectivity index (χ0n) is 6.27. The van der Waals surface area contributed by atoms with E-state index < -0.39 is 16.4 Å². The molecule has 13 heavy (non-hydrogen) atoms. The highest BCUT2D eigenvalue weighted by atomic mass is 35.5. The number of halogens is 1. The largest absolute Gasteiger partial charge is 0.319 e. The molecule has 0 atom stereocenters. The van der Waals surface area contributed by atoms with Gasteiger partial charge in [0.2, 0.25) is 0 Å². The van der Waals surface area contributed by atoms with E-state index in [1.54, 1.807) is 12.1 Å². The summed E-state index contributed by atoms with van der Waals surface area (Å²) < 4.78 is 22.9. The van der Waals surface area contributed by atoms with Crippen LogP contribution < -0.4 is 0 Å². The maximum absolute atomic E-state index is 11.0. The van der Waals surface area contributed by atoms with Crippen LogP contribution in [0, 0.1) is 0 Å². The van der Waals surface area contributed by atoms with Gasteiger partial charge in [0, 0.05) is 0 Å². The SMILES string of the molecule is O=C(N=S(=O)=O)c1ccccc1Cl. The van der Waals surface area contributed by atoms with Crippen LogP contribution in [0.2, 0.25) is 5.02 Å². The predicted molar refractivity (Wildman–Crippen MR) is 47.1 cm³/mol. The quantitative estimate of drug-likeness (QED) is 0.717. The molecule has 0 radical (unpaired) electrons. The van der Waals surface area contributed by atoms with Crippen LogP contribution >= 0.6 is 11.6 Å². The Hall–Kier alpha value is -1.20. The standard InChI is InChI=1S/C7H4ClNO3S/c8-6-4-2-1-3-5(6)7(10)9-13(11)12/h1-4H. The molecule has 0 unspecified atom stereocenters. The zero-order valence-corrected chi connectivity index (χ0v) is 7.84. The topological polar surface area (TPSA) is 63.6 Å². The predicted octanol–water partition coefficient (Wildman–Crippen LogP) is 1.54. The van der Waals surface area contributed by atoms with Crippen molar-refractivity contribution in [3.63, 3.8) is 0 Å². The average Bonchev–Trinajstić information content (AvgIpc) is 2.03. The lowest BCUT2D eigenvalue weighted by molar-refractivity contribution is 0.100. The van der Waals surface area contributed by atoms with Gasteiger partial charge in [-0.15, -0.1) is 0 Å². The fraction of sp³-hybridized carbons (Fsp3) is 0. The summed E-state index contributed by atoms with van der Waals surface area (Å²) in [6.07, 6.45) is 0. The lowest BCUT2D eigenvalue weighted by Crippen LogP contribution is -1.94. The van der Waals surface area contributed by atoms with E-state index in [-0.39, 0.29) is 10.6 Å². The molecule has 0 aliphatic rings. The molecule has 0 fully saturated rings. The fourth-order valence-corrected chi connectivity index (χ4v) is 1.20. The maximum Gasteiger partial charge on any atom is 0.319 e. The van der Waals surface area contributed by atoms with Crippen LogP contribution in [0.4, 0.5) is 0 Å². The van der Waals surface area contributed by atoms with Crippen molar-refractivity contribution in [1.82, 2.24) is 0 Å². The van der Waals surface area contributed by atoms with Gasteiger partial charge in [0.1, 0.15) is 0 Å². The Balaban J connectivity index is 3.17. The summed E-state index contributed by atoms with van der Waals surface area (Å²) in [7, 11) is -2.74. The highest BCUT2D eigenvalue weighted by Crippen LogP contribution is 2.15. The Bertz CT molecular complexity index is 458. The van der Waals surface area contributed by atoms with E-state index in [2.05, 4.69) is 4.36 Å². The summed E-state index contributed by atoms with van der Waals surface area (Å²) in [6.45, 7) is 0. The second-order valence-electron chi connectivity index (χ2n) is 2.09. The number of hydrogen-bond acceptors (Lipinski definition) is 3. The van der Waals surface area contributed by atoms with Crippen LogP contribution in [0.3, 0.4) is 0 Å². The van der Waals surface area contributed by atoms with Gasteiger partial charge in [0.25, 0.3) is 5.91 Å². The zero-order chi connectivity index (χ0) is 9.84. The van der Waals surface area contributed by atoms with Crippen LogP contribution in [0.5, 0.6) is 0 Å². The van der Waals surface area contributed by atoms with Crippen molar-refractivity contribution in [3.05, 3.63) is 34.9 Å². The molecule has 0 aliphatic heterocycles. The summed E-state index contributed by atoms with van der Waals surface area (Å²) in [4.78, 5) is 11.0. The van der Waals surface area contributed by atoms with E-state index in [4.69, 9.17) is 11.6 Å². The van der Waals surface area contributed by atoms with Gasteiger partial charge in [-0.3, -0.25) is 4.79 Å². The number of benzene rings is 1. The van der Waals surface area contributed by atoms with Crippen molar-refractivity contribution in [2.75, 3.05) is 0 Å². The van der Waals surface area contributed by atoms with E-state index in [1.807, 2.05) is 0 Å². The number of hydrogen-bond donors (Lipinski definition) is 0. The van der Waals surface area contributed by atoms with Crippen molar-refractivity contribution in [3.8, 4) is 0 Å². The van der Waals surface area contributed by atoms with Crippen molar-refractivity contribution in [2.24, 2.45) is 4.36 Å². The molecule has 68 valence electrons. The first-order valence-corrected chi connectivity index (χ1v) is 4.62. The molecule has 4 nitrogen and oxygen atoms in total. The van der Waals surface area contributed by atoms with Gasteiger partial charge in [-0.25, -0.2) is 0 Å². The highest BCUT2D eigenvalue weighted by Gasteiger charge is 2.07. The van der Waals surface area contributed by atoms with E-state index in [0.29, 0.717) is 0 Å². The summed E-state index contributed by atoms with van der Waals surface area (Å²) >= 11 is 5.62. The van der Waals surface area contributed by atoms with Crippen molar-refractivity contribution >= 4 is 28.0 Å². The molecule has 0 spiro atoms. The maximum atomic E-state index is 11.0. The molecule has 1 aromatic carbocycles. The third-order valence-corrected chi connectivity index (χ3v) is 1.91. The first-order chi connectivity index (χ1) is 6.11. The van der Waals surface area contributed by atoms with Gasteiger partial charge in [-0.2, -0.15) is 8.42 Å². The molecule has 0 aromatic heterocycles. The third kappa shape index (κ3) is 2.64. The Morgan fingerprint density at radius 1 is 1.31 bits per heavy atom. The van der Waals surface area contributed by atoms with Gasteiger partial charge < -0.3 is 0 Å². The van der Waals surface area contributed by atoms with Gasteiger partial charge >= 0.3 is 10.5 Å². The monoisotopic (exact) mass is 217 g/mol. The first kappa shape index (κ1) is 9.88. The first-order valence-electron chi connectivity index (χ1n) is 3.21. The van der Waals surface area contributed by atoms with Crippen molar-refractivity contribution in [2.45, 2.75) is 0 Å². The molecule has 0 heterocycles. The molecule has 0 N–H and O–H groups in total. The lowest BCUT2D eigenvalue weighted by atomic mass is 10.2. The van der Waals surface area contributed by atoms with Gasteiger partial charge in [0.15, 0.2) is 0 Å². The molecule has 0 saturated carbocycles. The Kier molecular flexibility index (Phi) is 3.16. The van der Waals surface area contributed by atoms with Gasteiger partial charge in [0.05, 0.1) is 10.6 Å². The Morgan fingerprint density at radius 3 is 2.46 bits per heavy atom. The molecule has 0 aliphatic carbocycles. The van der Waals surface area contributed by atoms with Crippen LogP contribution in [0.25, 0.3) is 0 Å². The van der Waals surface area contributed by atoms with Gasteiger partial charge in [-0.05, 0) is 12.1 Å². The van der Waals surface area contributed by atoms with Crippen LogP contribution in [0.1, 0.15) is 10.4 Å². The summed E-state index contributed by atoms with van der Waals surface area (Å²) in [6, 6.07) is 6.09. The minimum atomic E-state index is -2.74. The van der Waals surface area contributed by atoms with E-state index in [9.17, 15) is 13.2 Å². The van der Waals surface area contributed by atoms with Gasteiger partial charge in [-0.1, -0.05) is 28.1 Å². The summed E-state index contributed by atoms with van der Waals surface area (Å²) in [5.74, 6) is -0.862. The molecule has 1 rings (SSSR count). The molecule has 6 heteroatoms. The fourth-order valence-electron chi connectivity index (χ4n) is 0.752. The second kappa shape index (κ2) is 4.15. The van der Waals surface area contributed by atoms with Crippen LogP contribution in [-0.2, 0) is 10.5 Å². The van der Waals surface area contributed by atoms with Crippen LogP contribution in [0.15, 0.2) is 28.6 Å². The van der Waals surface area contributed by atoms with Crippen molar-refractivity contribution < 1.29 is 13.2 Å². The molecular formula is C7H4ClNO3S. The molecule has 1 aromatic rings. The smallest absolute Gasteiger partial charge is 0.266 e. The lowest BCUT2D eigenvalue weighted by Gasteiger charge is -1.94. The number of carbonyl (C=O) groups excluding carboxylic acids is 1. The number of rotatable bonds is 1. The minimum Gasteiger partial charge on any atom is -0.266 e. The second-order valence-corrected chi connectivity index (χ2v) is 3.12. The number of nitrogens with zero attached hydrogens (tertiary/aromatic N) is 1. The number of amides is 1. The molecule has 0 saturated heterocycles. The normalized spacial score (nSPS) is 9.31. The third-order valence-electron chi connectivity index (χ3n) is 1.26. The Morgan fingerprint density at radius 2 is 1.92 bits per heavy atom. The summed E-state index contributed by atoms with van der Waals surface area (Å²) in [5, 5.41) is 0.182. The molecule has 1 amide bonds. The van der Waals surface area contributed by atoms with E-state index >= 15 is 0 Å². The summed E-state index contributed by atoms with van der Waals surface area (Å²) in [5.41, 5.74) is 0.0772. The molecule has 0 bridgehead atoms. The van der Waals surface area contributed by atoms with Crippen LogP contribution in [-0.4, -0.2) is 14.3 Å². The Labute approximate surface area is 80.9 Å². The van der Waals surface area contributed by atoms with E-state index in [1.165, 1.54) is 12.1 Å².